The van der Waals surface area contributed by atoms with Gasteiger partial charge in [-0.3, -0.25) is 0 Å². The van der Waals surface area contributed by atoms with E-state index in [0.717, 1.165) is 0 Å². The van der Waals surface area contributed by atoms with Gasteiger partial charge in [0.05, 0.1) is 18.3 Å². The third kappa shape index (κ3) is 5.80. The highest BCUT2D eigenvalue weighted by Gasteiger charge is 2.52. The van der Waals surface area contributed by atoms with Gasteiger partial charge in [-0.1, -0.05) is 0 Å². The fourth-order valence-corrected chi connectivity index (χ4v) is 2.96. The zero-order chi connectivity index (χ0) is 24.0. The first-order chi connectivity index (χ1) is 13.9. The maximum atomic E-state index is 13.0. The lowest BCUT2D eigenvalue weighted by Crippen LogP contribution is -2.41. The number of methoxy groups -OCH3 is 1. The normalized spacial score (nSPS) is 18.0. The molecule has 2 rings (SSSR count). The van der Waals surface area contributed by atoms with E-state index in [1.807, 2.05) is 27.7 Å². The van der Waals surface area contributed by atoms with Gasteiger partial charge in [-0.2, -0.15) is 0 Å². The van der Waals surface area contributed by atoms with Crippen molar-refractivity contribution < 1.29 is 33.1 Å². The van der Waals surface area contributed by atoms with E-state index in [1.165, 1.54) is 7.11 Å². The van der Waals surface area contributed by atoms with Crippen molar-refractivity contribution in [1.82, 2.24) is 0 Å². The molecular weight excluding hydrogens is 399 g/mol. The summed E-state index contributed by atoms with van der Waals surface area (Å²) in [6.07, 6.45) is 0. The molecule has 0 aliphatic carbocycles. The lowest BCUT2D eigenvalue weighted by atomic mass is 9.77. The van der Waals surface area contributed by atoms with Crippen LogP contribution in [0.3, 0.4) is 0 Å². The number of benzene rings is 1. The van der Waals surface area contributed by atoms with Crippen LogP contribution < -0.4 is 10.2 Å². The molecule has 172 valence electrons. The van der Waals surface area contributed by atoms with Gasteiger partial charge in [0.15, 0.2) is 0 Å². The standard InChI is InChI=1S/C23H35BO7/c1-20(2,3)28-18(25)15-12-14(24-30-22(7,8)23(9,10)31-24)13-16(17(15)27-11)19(26)29-21(4,5)6/h12-13H,1-11H3. The van der Waals surface area contributed by atoms with E-state index in [0.29, 0.717) is 5.46 Å². The number of hydrogen-bond acceptors (Lipinski definition) is 7. The number of carbonyl (C=O) groups excluding carboxylic acids is 2. The largest absolute Gasteiger partial charge is 0.495 e. The second-order valence-corrected chi connectivity index (χ2v) is 10.7. The van der Waals surface area contributed by atoms with Crippen LogP contribution in [-0.4, -0.2) is 48.6 Å². The van der Waals surface area contributed by atoms with Crippen molar-refractivity contribution in [2.45, 2.75) is 91.6 Å². The Labute approximate surface area is 185 Å². The minimum absolute atomic E-state index is 0.0868. The molecule has 0 saturated carbocycles. The van der Waals surface area contributed by atoms with Crippen LogP contribution in [0.25, 0.3) is 0 Å². The maximum absolute atomic E-state index is 13.0. The summed E-state index contributed by atoms with van der Waals surface area (Å²) in [5, 5.41) is 0. The summed E-state index contributed by atoms with van der Waals surface area (Å²) in [6, 6.07) is 3.17. The Bertz CT molecular complexity index is 795. The molecule has 0 amide bonds. The molecule has 1 fully saturated rings. The second-order valence-electron chi connectivity index (χ2n) is 10.7. The molecule has 1 saturated heterocycles. The van der Waals surface area contributed by atoms with Crippen molar-refractivity contribution >= 4 is 24.5 Å². The van der Waals surface area contributed by atoms with Gasteiger partial charge in [0, 0.05) is 0 Å². The molecule has 0 radical (unpaired) electrons. The molecular formula is C23H35BO7. The molecule has 0 spiro atoms. The molecule has 1 aromatic carbocycles. The summed E-state index contributed by atoms with van der Waals surface area (Å²) in [4.78, 5) is 26.0. The molecule has 1 heterocycles. The van der Waals surface area contributed by atoms with Crippen LogP contribution in [0.1, 0.15) is 90.0 Å². The molecule has 0 unspecified atom stereocenters. The van der Waals surface area contributed by atoms with E-state index in [9.17, 15) is 9.59 Å². The molecule has 0 aromatic heterocycles. The van der Waals surface area contributed by atoms with Crippen molar-refractivity contribution in [2.24, 2.45) is 0 Å². The zero-order valence-electron chi connectivity index (χ0n) is 20.6. The van der Waals surface area contributed by atoms with E-state index >= 15 is 0 Å². The van der Waals surface area contributed by atoms with E-state index in [4.69, 9.17) is 23.5 Å². The summed E-state index contributed by atoms with van der Waals surface area (Å²) >= 11 is 0. The van der Waals surface area contributed by atoms with Gasteiger partial charge in [-0.15, -0.1) is 0 Å². The first-order valence-corrected chi connectivity index (χ1v) is 10.4. The number of rotatable bonds is 4. The Morgan fingerprint density at radius 1 is 0.806 bits per heavy atom. The van der Waals surface area contributed by atoms with Crippen LogP contribution in [0.4, 0.5) is 0 Å². The molecule has 0 atom stereocenters. The number of hydrogen-bond donors (Lipinski definition) is 0. The molecule has 1 aliphatic heterocycles. The summed E-state index contributed by atoms with van der Waals surface area (Å²) in [7, 11) is 0.615. The van der Waals surface area contributed by atoms with Crippen molar-refractivity contribution in [3.05, 3.63) is 23.3 Å². The lowest BCUT2D eigenvalue weighted by Gasteiger charge is -2.32. The summed E-state index contributed by atoms with van der Waals surface area (Å²) in [5.41, 5.74) is -1.92. The fraction of sp³-hybridized carbons (Fsp3) is 0.652. The predicted octanol–water partition coefficient (Wildman–Crippen LogP) is 3.91. The molecule has 7 nitrogen and oxygen atoms in total. The Kier molecular flexibility index (Phi) is 6.61. The Hall–Kier alpha value is -2.06. The van der Waals surface area contributed by atoms with Crippen molar-refractivity contribution in [2.75, 3.05) is 7.11 Å². The smallest absolute Gasteiger partial charge is 0.494 e. The molecule has 1 aromatic rings. The van der Waals surface area contributed by atoms with Crippen LogP contribution >= 0.6 is 0 Å². The Balaban J connectivity index is 2.64. The third-order valence-electron chi connectivity index (χ3n) is 5.08. The topological polar surface area (TPSA) is 80.3 Å². The van der Waals surface area contributed by atoms with Crippen LogP contribution in [-0.2, 0) is 18.8 Å². The minimum atomic E-state index is -0.779. The van der Waals surface area contributed by atoms with Gasteiger partial charge in [0.1, 0.15) is 28.1 Å². The molecule has 0 bridgehead atoms. The van der Waals surface area contributed by atoms with E-state index in [-0.39, 0.29) is 16.9 Å². The average Bonchev–Trinajstić information content (AvgIpc) is 2.78. The minimum Gasteiger partial charge on any atom is -0.495 e. The highest BCUT2D eigenvalue weighted by Crippen LogP contribution is 2.37. The van der Waals surface area contributed by atoms with Crippen molar-refractivity contribution in [3.63, 3.8) is 0 Å². The van der Waals surface area contributed by atoms with E-state index in [2.05, 4.69) is 0 Å². The van der Waals surface area contributed by atoms with Crippen molar-refractivity contribution in [3.8, 4) is 5.75 Å². The van der Waals surface area contributed by atoms with Gasteiger partial charge in [0.2, 0.25) is 0 Å². The monoisotopic (exact) mass is 434 g/mol. The quantitative estimate of drug-likeness (QED) is 0.525. The molecule has 0 N–H and O–H groups in total. The molecule has 1 aliphatic rings. The van der Waals surface area contributed by atoms with Gasteiger partial charge >= 0.3 is 19.1 Å². The van der Waals surface area contributed by atoms with E-state index in [1.54, 1.807) is 53.7 Å². The Morgan fingerprint density at radius 3 is 1.45 bits per heavy atom. The maximum Gasteiger partial charge on any atom is 0.494 e. The van der Waals surface area contributed by atoms with E-state index < -0.39 is 41.5 Å². The zero-order valence-corrected chi connectivity index (χ0v) is 20.6. The first kappa shape index (κ1) is 25.2. The lowest BCUT2D eigenvalue weighted by molar-refractivity contribution is 0.00578. The number of carbonyl (C=O) groups is 2. The highest BCUT2D eigenvalue weighted by molar-refractivity contribution is 6.62. The summed E-state index contributed by atoms with van der Waals surface area (Å²) in [6.45, 7) is 18.3. The van der Waals surface area contributed by atoms with Gasteiger partial charge < -0.3 is 23.5 Å². The fourth-order valence-electron chi connectivity index (χ4n) is 2.96. The number of ether oxygens (including phenoxy) is 3. The summed E-state index contributed by atoms with van der Waals surface area (Å²) in [5.74, 6) is -1.15. The number of esters is 2. The van der Waals surface area contributed by atoms with Gasteiger partial charge in [-0.05, 0) is 86.8 Å². The predicted molar refractivity (Wildman–Crippen MR) is 119 cm³/mol. The molecule has 8 heteroatoms. The SMILES string of the molecule is COc1c(C(=O)OC(C)(C)C)cc(B2OC(C)(C)C(C)(C)O2)cc1C(=O)OC(C)(C)C. The second kappa shape index (κ2) is 8.13. The average molecular weight is 434 g/mol. The van der Waals surface area contributed by atoms with Crippen molar-refractivity contribution in [1.29, 1.82) is 0 Å². The third-order valence-corrected chi connectivity index (χ3v) is 5.08. The van der Waals surface area contributed by atoms with Crippen LogP contribution in [0.5, 0.6) is 5.75 Å². The van der Waals surface area contributed by atoms with Crippen LogP contribution in [0.15, 0.2) is 12.1 Å². The summed E-state index contributed by atoms with van der Waals surface area (Å²) < 4.78 is 28.8. The van der Waals surface area contributed by atoms with Crippen LogP contribution in [0, 0.1) is 0 Å². The van der Waals surface area contributed by atoms with Crippen LogP contribution in [0.2, 0.25) is 0 Å². The highest BCUT2D eigenvalue weighted by atomic mass is 16.7. The van der Waals surface area contributed by atoms with Gasteiger partial charge in [-0.25, -0.2) is 9.59 Å². The first-order valence-electron chi connectivity index (χ1n) is 10.4. The van der Waals surface area contributed by atoms with Gasteiger partial charge in [0.25, 0.3) is 0 Å². The Morgan fingerprint density at radius 2 is 1.16 bits per heavy atom. The molecule has 31 heavy (non-hydrogen) atoms.